The lowest BCUT2D eigenvalue weighted by Gasteiger charge is -2.35. The molecule has 7 heteroatoms. The predicted octanol–water partition coefficient (Wildman–Crippen LogP) is 4.61. The lowest BCUT2D eigenvalue weighted by atomic mass is 9.84. The highest BCUT2D eigenvalue weighted by molar-refractivity contribution is 14.0. The van der Waals surface area contributed by atoms with Gasteiger partial charge in [-0.1, -0.05) is 26.0 Å². The van der Waals surface area contributed by atoms with Gasteiger partial charge in [-0.15, -0.1) is 24.0 Å². The minimum Gasteiger partial charge on any atom is -0.497 e. The number of likely N-dealkylation sites (tertiary alicyclic amines) is 1. The fourth-order valence-electron chi connectivity index (χ4n) is 4.25. The minimum atomic E-state index is -0.0728. The van der Waals surface area contributed by atoms with E-state index in [0.29, 0.717) is 12.2 Å². The van der Waals surface area contributed by atoms with Crippen molar-refractivity contribution < 1.29 is 14.2 Å². The van der Waals surface area contributed by atoms with E-state index in [1.807, 2.05) is 12.1 Å². The number of aliphatic imine (C=N–C) groups is 1. The number of hydrogen-bond donors (Lipinski definition) is 1. The third-order valence-corrected chi connectivity index (χ3v) is 6.34. The number of benzene rings is 1. The van der Waals surface area contributed by atoms with Crippen molar-refractivity contribution in [2.75, 3.05) is 46.5 Å². The first-order valence-electron chi connectivity index (χ1n) is 11.9. The van der Waals surface area contributed by atoms with Crippen LogP contribution in [-0.4, -0.2) is 69.6 Å². The number of piperidine rings is 1. The molecule has 1 aromatic carbocycles. The van der Waals surface area contributed by atoms with Crippen LogP contribution in [-0.2, 0) is 14.9 Å². The van der Waals surface area contributed by atoms with Gasteiger partial charge < -0.3 is 24.4 Å². The van der Waals surface area contributed by atoms with Crippen LogP contribution in [0.1, 0.15) is 58.4 Å². The quantitative estimate of drug-likeness (QED) is 0.287. The normalized spacial score (nSPS) is 20.6. The molecule has 0 aromatic heterocycles. The molecule has 0 radical (unpaired) electrons. The summed E-state index contributed by atoms with van der Waals surface area (Å²) in [6, 6.07) is 8.30. The number of nitrogens with zero attached hydrogens (tertiary/aromatic N) is 2. The number of methoxy groups -OCH3 is 1. The molecule has 2 saturated heterocycles. The van der Waals surface area contributed by atoms with Gasteiger partial charge in [-0.05, 0) is 56.7 Å². The zero-order valence-corrected chi connectivity index (χ0v) is 22.6. The van der Waals surface area contributed by atoms with Gasteiger partial charge in [-0.2, -0.15) is 0 Å². The van der Waals surface area contributed by atoms with E-state index in [0.717, 1.165) is 70.4 Å². The number of guanidine groups is 1. The Labute approximate surface area is 211 Å². The van der Waals surface area contributed by atoms with E-state index in [4.69, 9.17) is 19.2 Å². The fraction of sp³-hybridized carbons (Fsp3) is 0.720. The molecule has 32 heavy (non-hydrogen) atoms. The summed E-state index contributed by atoms with van der Waals surface area (Å²) in [4.78, 5) is 7.39. The summed E-state index contributed by atoms with van der Waals surface area (Å²) in [5.41, 5.74) is 1.17. The predicted molar refractivity (Wildman–Crippen MR) is 142 cm³/mol. The highest BCUT2D eigenvalue weighted by Gasteiger charge is 2.25. The Kier molecular flexibility index (Phi) is 11.6. The van der Waals surface area contributed by atoms with E-state index in [1.165, 1.54) is 18.4 Å². The van der Waals surface area contributed by atoms with E-state index in [-0.39, 0.29) is 29.4 Å². The van der Waals surface area contributed by atoms with Crippen LogP contribution in [0.4, 0.5) is 0 Å². The van der Waals surface area contributed by atoms with Gasteiger partial charge in [0.25, 0.3) is 0 Å². The van der Waals surface area contributed by atoms with E-state index in [9.17, 15) is 0 Å². The average molecular weight is 560 g/mol. The topological polar surface area (TPSA) is 55.3 Å². The first kappa shape index (κ1) is 27.2. The number of ether oxygens (including phenoxy) is 3. The number of halogens is 1. The van der Waals surface area contributed by atoms with Crippen LogP contribution in [0.2, 0.25) is 0 Å². The van der Waals surface area contributed by atoms with Crippen molar-refractivity contribution in [1.82, 2.24) is 10.2 Å². The fourth-order valence-corrected chi connectivity index (χ4v) is 4.25. The molecule has 2 aliphatic heterocycles. The second kappa shape index (κ2) is 13.6. The minimum absolute atomic E-state index is 0. The Hall–Kier alpha value is -1.06. The molecule has 2 aliphatic rings. The van der Waals surface area contributed by atoms with Crippen molar-refractivity contribution in [3.8, 4) is 5.75 Å². The Balaban J connectivity index is 0.00000363. The Bertz CT molecular complexity index is 699. The van der Waals surface area contributed by atoms with Crippen LogP contribution in [0.25, 0.3) is 0 Å². The molecule has 1 atom stereocenters. The van der Waals surface area contributed by atoms with Crippen molar-refractivity contribution in [3.63, 3.8) is 0 Å². The smallest absolute Gasteiger partial charge is 0.193 e. The van der Waals surface area contributed by atoms with Crippen LogP contribution in [0, 0.1) is 0 Å². The molecule has 1 N–H and O–H groups in total. The highest BCUT2D eigenvalue weighted by Crippen LogP contribution is 2.27. The van der Waals surface area contributed by atoms with Gasteiger partial charge >= 0.3 is 0 Å². The highest BCUT2D eigenvalue weighted by atomic mass is 127. The molecule has 0 aliphatic carbocycles. The molecular formula is C25H42IN3O3. The third kappa shape index (κ3) is 8.06. The molecule has 1 unspecified atom stereocenters. The first-order valence-corrected chi connectivity index (χ1v) is 11.9. The molecule has 6 nitrogen and oxygen atoms in total. The summed E-state index contributed by atoms with van der Waals surface area (Å²) in [6.45, 7) is 11.8. The van der Waals surface area contributed by atoms with Gasteiger partial charge in [-0.25, -0.2) is 0 Å². The largest absolute Gasteiger partial charge is 0.497 e. The van der Waals surface area contributed by atoms with Gasteiger partial charge in [0.1, 0.15) is 5.75 Å². The zero-order valence-electron chi connectivity index (χ0n) is 20.3. The van der Waals surface area contributed by atoms with Crippen molar-refractivity contribution in [2.24, 2.45) is 4.99 Å². The maximum atomic E-state index is 6.18. The molecule has 2 fully saturated rings. The monoisotopic (exact) mass is 559 g/mol. The lowest BCUT2D eigenvalue weighted by molar-refractivity contribution is -0.0721. The first-order chi connectivity index (χ1) is 15.0. The standard InChI is InChI=1S/C25H41N3O3.HI/c1-5-26-24(27-19-25(2,3)20-9-8-11-22(17-20)29-4)28-14-12-21(13-15-28)31-18-23-10-6-7-16-30-23;/h8-9,11,17,21,23H,5-7,10,12-16,18-19H2,1-4H3,(H,26,27);1H. The van der Waals surface area contributed by atoms with Crippen molar-refractivity contribution in [2.45, 2.75) is 70.5 Å². The van der Waals surface area contributed by atoms with Crippen LogP contribution < -0.4 is 10.1 Å². The van der Waals surface area contributed by atoms with Crippen molar-refractivity contribution in [1.29, 1.82) is 0 Å². The molecular weight excluding hydrogens is 517 g/mol. The maximum Gasteiger partial charge on any atom is 0.193 e. The summed E-state index contributed by atoms with van der Waals surface area (Å²) in [6.07, 6.45) is 6.30. The summed E-state index contributed by atoms with van der Waals surface area (Å²) in [5, 5.41) is 3.49. The van der Waals surface area contributed by atoms with Crippen molar-refractivity contribution >= 4 is 29.9 Å². The molecule has 0 bridgehead atoms. The molecule has 0 amide bonds. The van der Waals surface area contributed by atoms with Gasteiger partial charge in [0, 0.05) is 31.7 Å². The summed E-state index contributed by atoms with van der Waals surface area (Å²) >= 11 is 0. The Morgan fingerprint density at radius 1 is 1.22 bits per heavy atom. The Morgan fingerprint density at radius 2 is 2.00 bits per heavy atom. The van der Waals surface area contributed by atoms with Crippen molar-refractivity contribution in [3.05, 3.63) is 29.8 Å². The number of rotatable bonds is 8. The molecule has 0 saturated carbocycles. The summed E-state index contributed by atoms with van der Waals surface area (Å²) in [5.74, 6) is 1.90. The average Bonchev–Trinajstić information content (AvgIpc) is 2.81. The molecule has 0 spiro atoms. The maximum absolute atomic E-state index is 6.18. The van der Waals surface area contributed by atoms with E-state index < -0.39 is 0 Å². The van der Waals surface area contributed by atoms with Gasteiger partial charge in [0.05, 0.1) is 32.5 Å². The lowest BCUT2D eigenvalue weighted by Crippen LogP contribution is -2.47. The van der Waals surface area contributed by atoms with Crippen LogP contribution in [0.3, 0.4) is 0 Å². The summed E-state index contributed by atoms with van der Waals surface area (Å²) < 4.78 is 17.4. The van der Waals surface area contributed by atoms with Gasteiger partial charge in [0.2, 0.25) is 0 Å². The van der Waals surface area contributed by atoms with Crippen LogP contribution >= 0.6 is 24.0 Å². The van der Waals surface area contributed by atoms with E-state index in [2.05, 4.69) is 43.1 Å². The molecule has 2 heterocycles. The SMILES string of the molecule is CCNC(=NCC(C)(C)c1cccc(OC)c1)N1CCC(OCC2CCCCO2)CC1.I. The summed E-state index contributed by atoms with van der Waals surface area (Å²) in [7, 11) is 1.71. The van der Waals surface area contributed by atoms with Gasteiger partial charge in [0.15, 0.2) is 5.96 Å². The third-order valence-electron chi connectivity index (χ3n) is 6.34. The molecule has 3 rings (SSSR count). The Morgan fingerprint density at radius 3 is 2.66 bits per heavy atom. The van der Waals surface area contributed by atoms with Crippen LogP contribution in [0.15, 0.2) is 29.3 Å². The second-order valence-electron chi connectivity index (χ2n) is 9.29. The molecule has 182 valence electrons. The molecule has 1 aromatic rings. The van der Waals surface area contributed by atoms with E-state index >= 15 is 0 Å². The number of hydrogen-bond acceptors (Lipinski definition) is 4. The second-order valence-corrected chi connectivity index (χ2v) is 9.29. The van der Waals surface area contributed by atoms with Crippen LogP contribution in [0.5, 0.6) is 5.75 Å². The van der Waals surface area contributed by atoms with E-state index in [1.54, 1.807) is 7.11 Å². The van der Waals surface area contributed by atoms with Gasteiger partial charge in [-0.3, -0.25) is 4.99 Å². The number of nitrogens with one attached hydrogen (secondary N) is 1. The zero-order chi connectivity index (χ0) is 22.1.